The molecule has 7 nitrogen and oxygen atoms in total. The molecule has 8 heteroatoms. The molecule has 0 bridgehead atoms. The van der Waals surface area contributed by atoms with Crippen LogP contribution >= 0.6 is 0 Å². The fourth-order valence-electron chi connectivity index (χ4n) is 5.05. The molecule has 0 aliphatic heterocycles. The van der Waals surface area contributed by atoms with E-state index in [1.807, 2.05) is 62.4 Å². The number of ether oxygens (including phenoxy) is 1. The van der Waals surface area contributed by atoms with Crippen molar-refractivity contribution in [2.75, 3.05) is 32.2 Å². The zero-order valence-corrected chi connectivity index (χ0v) is 24.3. The average Bonchev–Trinajstić information content (AvgIpc) is 2.99. The Morgan fingerprint density at radius 3 is 2.36 bits per heavy atom. The number of rotatable bonds is 13. The van der Waals surface area contributed by atoms with E-state index in [0.717, 1.165) is 52.6 Å². The number of hydrogen-bond donors (Lipinski definition) is 4. The number of unbranched alkanes of at least 4 members (excludes halogenated alkanes) is 1. The number of carbonyl (C=O) groups excluding carboxylic acids is 1. The number of amides is 1. The van der Waals surface area contributed by atoms with Gasteiger partial charge < -0.3 is 25.6 Å². The maximum absolute atomic E-state index is 15.2. The fourth-order valence-corrected chi connectivity index (χ4v) is 5.05. The third-order valence-corrected chi connectivity index (χ3v) is 7.41. The number of benzene rings is 3. The van der Waals surface area contributed by atoms with Gasteiger partial charge in [-0.15, -0.1) is 0 Å². The van der Waals surface area contributed by atoms with Crippen molar-refractivity contribution in [1.29, 1.82) is 0 Å². The summed E-state index contributed by atoms with van der Waals surface area (Å²) in [6.07, 6.45) is 4.12. The van der Waals surface area contributed by atoms with Gasteiger partial charge in [-0.3, -0.25) is 9.78 Å². The highest BCUT2D eigenvalue weighted by Crippen LogP contribution is 2.37. The predicted octanol–water partition coefficient (Wildman–Crippen LogP) is 5.83. The number of pyridine rings is 1. The monoisotopic (exact) mass is 571 g/mol. The molecule has 0 aliphatic rings. The Hall–Kier alpha value is -4.11. The Morgan fingerprint density at radius 2 is 1.67 bits per heavy atom. The van der Waals surface area contributed by atoms with Crippen LogP contribution in [0.3, 0.4) is 0 Å². The molecule has 0 atom stereocenters. The summed E-state index contributed by atoms with van der Waals surface area (Å²) in [6.45, 7) is 4.71. The lowest BCUT2D eigenvalue weighted by Crippen LogP contribution is -2.18. The SMILES string of the molecule is COc1cc(-c2cccc(-c3cccc(NC(=O)c4ccc(CCCCO)cn4)c3C)c2C)cc(F)c1CNCCO. The van der Waals surface area contributed by atoms with E-state index in [2.05, 4.69) is 15.6 Å². The van der Waals surface area contributed by atoms with Crippen LogP contribution in [0.15, 0.2) is 66.9 Å². The normalized spacial score (nSPS) is 11.0. The van der Waals surface area contributed by atoms with Crippen molar-refractivity contribution in [3.63, 3.8) is 0 Å². The summed E-state index contributed by atoms with van der Waals surface area (Å²) in [4.78, 5) is 17.4. The van der Waals surface area contributed by atoms with Crippen LogP contribution in [0.5, 0.6) is 5.75 Å². The Morgan fingerprint density at radius 1 is 0.929 bits per heavy atom. The first-order chi connectivity index (χ1) is 20.4. The molecule has 220 valence electrons. The van der Waals surface area contributed by atoms with Crippen molar-refractivity contribution in [3.05, 3.63) is 101 Å². The first-order valence-corrected chi connectivity index (χ1v) is 14.1. The lowest BCUT2D eigenvalue weighted by atomic mass is 9.90. The second kappa shape index (κ2) is 14.7. The second-order valence-corrected chi connectivity index (χ2v) is 10.2. The summed E-state index contributed by atoms with van der Waals surface area (Å²) in [5, 5.41) is 24.0. The van der Waals surface area contributed by atoms with Crippen molar-refractivity contribution < 1.29 is 24.1 Å². The van der Waals surface area contributed by atoms with Crippen LogP contribution in [-0.4, -0.2) is 48.0 Å². The smallest absolute Gasteiger partial charge is 0.274 e. The Kier molecular flexibility index (Phi) is 10.8. The minimum atomic E-state index is -0.382. The van der Waals surface area contributed by atoms with Crippen molar-refractivity contribution in [2.24, 2.45) is 0 Å². The van der Waals surface area contributed by atoms with Gasteiger partial charge in [0.05, 0.1) is 13.7 Å². The van der Waals surface area contributed by atoms with Gasteiger partial charge in [0.15, 0.2) is 0 Å². The maximum atomic E-state index is 15.2. The molecule has 42 heavy (non-hydrogen) atoms. The molecule has 1 amide bonds. The molecular formula is C34H38FN3O4. The molecule has 4 rings (SSSR count). The third kappa shape index (κ3) is 7.20. The first-order valence-electron chi connectivity index (χ1n) is 14.1. The molecule has 0 aliphatic carbocycles. The largest absolute Gasteiger partial charge is 0.496 e. The number of aliphatic hydroxyl groups is 2. The quantitative estimate of drug-likeness (QED) is 0.151. The number of anilines is 1. The fraction of sp³-hybridized carbons (Fsp3) is 0.294. The summed E-state index contributed by atoms with van der Waals surface area (Å²) >= 11 is 0. The number of aryl methyl sites for hydroxylation is 1. The summed E-state index contributed by atoms with van der Waals surface area (Å²) in [7, 11) is 1.52. The van der Waals surface area contributed by atoms with Crippen molar-refractivity contribution in [1.82, 2.24) is 10.3 Å². The summed E-state index contributed by atoms with van der Waals surface area (Å²) < 4.78 is 20.7. The summed E-state index contributed by atoms with van der Waals surface area (Å²) in [5.74, 6) is -0.237. The summed E-state index contributed by atoms with van der Waals surface area (Å²) in [5.41, 5.74) is 7.82. The highest BCUT2D eigenvalue weighted by molar-refractivity contribution is 6.03. The lowest BCUT2D eigenvalue weighted by molar-refractivity contribution is 0.102. The highest BCUT2D eigenvalue weighted by Gasteiger charge is 2.17. The van der Waals surface area contributed by atoms with Crippen LogP contribution in [0.4, 0.5) is 10.1 Å². The molecule has 4 aromatic rings. The van der Waals surface area contributed by atoms with Gasteiger partial charge in [-0.25, -0.2) is 4.39 Å². The number of aliphatic hydroxyl groups excluding tert-OH is 2. The minimum Gasteiger partial charge on any atom is -0.496 e. The zero-order valence-electron chi connectivity index (χ0n) is 24.3. The van der Waals surface area contributed by atoms with E-state index in [-0.39, 0.29) is 31.5 Å². The molecule has 0 unspecified atom stereocenters. The molecule has 0 saturated carbocycles. The number of nitrogens with one attached hydrogen (secondary N) is 2. The molecule has 1 heterocycles. The van der Waals surface area contributed by atoms with Gasteiger partial charge in [0.25, 0.3) is 5.91 Å². The topological polar surface area (TPSA) is 104 Å². The van der Waals surface area contributed by atoms with E-state index in [0.29, 0.717) is 34.8 Å². The standard InChI is InChI=1S/C34H38FN3O4/c1-22-26(25-18-30(35)29(21-36-15-17-40)33(19-25)42-3)9-6-10-27(22)28-11-7-12-31(23(28)2)38-34(41)32-14-13-24(20-37-32)8-4-5-16-39/h6-7,9-14,18-20,36,39-40H,4-5,8,15-17,21H2,1-3H3,(H,38,41). The van der Waals surface area contributed by atoms with Crippen molar-refractivity contribution in [3.8, 4) is 28.0 Å². The van der Waals surface area contributed by atoms with Crippen LogP contribution in [0, 0.1) is 19.7 Å². The van der Waals surface area contributed by atoms with Crippen LogP contribution in [0.25, 0.3) is 22.3 Å². The van der Waals surface area contributed by atoms with E-state index < -0.39 is 0 Å². The first kappa shape index (κ1) is 30.8. The predicted molar refractivity (Wildman–Crippen MR) is 164 cm³/mol. The minimum absolute atomic E-state index is 0.0327. The van der Waals surface area contributed by atoms with E-state index in [1.165, 1.54) is 13.2 Å². The van der Waals surface area contributed by atoms with E-state index in [1.54, 1.807) is 12.3 Å². The number of carbonyl (C=O) groups is 1. The van der Waals surface area contributed by atoms with Crippen molar-refractivity contribution in [2.45, 2.75) is 39.7 Å². The van der Waals surface area contributed by atoms with E-state index >= 15 is 4.39 Å². The Bertz CT molecular complexity index is 1520. The molecule has 0 fully saturated rings. The molecule has 1 aromatic heterocycles. The van der Waals surface area contributed by atoms with Crippen LogP contribution in [0.1, 0.15) is 45.6 Å². The lowest BCUT2D eigenvalue weighted by Gasteiger charge is -2.18. The molecule has 0 spiro atoms. The Balaban J connectivity index is 1.60. The maximum Gasteiger partial charge on any atom is 0.274 e. The van der Waals surface area contributed by atoms with Crippen LogP contribution in [0.2, 0.25) is 0 Å². The van der Waals surface area contributed by atoms with E-state index in [9.17, 15) is 4.79 Å². The summed E-state index contributed by atoms with van der Waals surface area (Å²) in [6, 6.07) is 18.6. The van der Waals surface area contributed by atoms with Gasteiger partial charge in [0.1, 0.15) is 17.3 Å². The number of hydrogen-bond acceptors (Lipinski definition) is 6. The molecule has 4 N–H and O–H groups in total. The number of halogens is 1. The number of nitrogens with zero attached hydrogens (tertiary/aromatic N) is 1. The van der Waals surface area contributed by atoms with Crippen LogP contribution < -0.4 is 15.4 Å². The van der Waals surface area contributed by atoms with Gasteiger partial charge in [-0.1, -0.05) is 36.4 Å². The molecule has 0 radical (unpaired) electrons. The number of aromatic nitrogens is 1. The van der Waals surface area contributed by atoms with Crippen molar-refractivity contribution >= 4 is 11.6 Å². The molecule has 0 saturated heterocycles. The van der Waals surface area contributed by atoms with Gasteiger partial charge in [0.2, 0.25) is 0 Å². The number of methoxy groups -OCH3 is 1. The van der Waals surface area contributed by atoms with Gasteiger partial charge >= 0.3 is 0 Å². The zero-order chi connectivity index (χ0) is 30.1. The Labute approximate surface area is 246 Å². The van der Waals surface area contributed by atoms with E-state index in [4.69, 9.17) is 14.9 Å². The highest BCUT2D eigenvalue weighted by atomic mass is 19.1. The van der Waals surface area contributed by atoms with Gasteiger partial charge in [-0.2, -0.15) is 0 Å². The third-order valence-electron chi connectivity index (χ3n) is 7.41. The van der Waals surface area contributed by atoms with Gasteiger partial charge in [-0.05, 0) is 96.3 Å². The average molecular weight is 572 g/mol. The second-order valence-electron chi connectivity index (χ2n) is 10.2. The molecular weight excluding hydrogens is 533 g/mol. The van der Waals surface area contributed by atoms with Crippen LogP contribution in [-0.2, 0) is 13.0 Å². The van der Waals surface area contributed by atoms with Gasteiger partial charge in [0, 0.05) is 37.1 Å². The molecule has 3 aromatic carbocycles.